The smallest absolute Gasteiger partial charge is 0.382 e. The maximum Gasteiger partial charge on any atom is 0.410 e. The first-order valence-electron chi connectivity index (χ1n) is 13.6. The van der Waals surface area contributed by atoms with Crippen molar-refractivity contribution in [3.63, 3.8) is 0 Å². The Morgan fingerprint density at radius 3 is 2.61 bits per heavy atom. The first-order valence-corrected chi connectivity index (χ1v) is 13.6. The third kappa shape index (κ3) is 6.16. The summed E-state index contributed by atoms with van der Waals surface area (Å²) < 4.78 is 50.3. The minimum Gasteiger partial charge on any atom is -0.382 e. The largest absolute Gasteiger partial charge is 0.410 e. The highest BCUT2D eigenvalue weighted by Gasteiger charge is 2.50. The molecule has 4 amide bonds. The Bertz CT molecular complexity index is 1290. The fraction of sp³-hybridized carbons (Fsp3) is 0.593. The molecule has 0 unspecified atom stereocenters. The average molecular weight is 579 g/mol. The number of alkyl halides is 3. The lowest BCUT2D eigenvalue weighted by Crippen LogP contribution is -2.48. The van der Waals surface area contributed by atoms with Crippen LogP contribution in [0.2, 0.25) is 0 Å². The zero-order valence-electron chi connectivity index (χ0n) is 22.9. The predicted molar refractivity (Wildman–Crippen MR) is 139 cm³/mol. The van der Waals surface area contributed by atoms with E-state index in [4.69, 9.17) is 9.26 Å². The third-order valence-corrected chi connectivity index (χ3v) is 8.14. The van der Waals surface area contributed by atoms with Crippen LogP contribution in [0.3, 0.4) is 0 Å². The van der Waals surface area contributed by atoms with Crippen LogP contribution in [0.25, 0.3) is 0 Å². The molecule has 2 aromatic heterocycles. The van der Waals surface area contributed by atoms with Crippen LogP contribution in [0.4, 0.5) is 23.8 Å². The Morgan fingerprint density at radius 2 is 1.98 bits per heavy atom. The first kappa shape index (κ1) is 28.8. The molecule has 14 heteroatoms. The predicted octanol–water partition coefficient (Wildman–Crippen LogP) is 3.62. The summed E-state index contributed by atoms with van der Waals surface area (Å²) in [5, 5.41) is 11.4. The van der Waals surface area contributed by atoms with E-state index in [1.54, 1.807) is 6.07 Å². The van der Waals surface area contributed by atoms with E-state index in [0.29, 0.717) is 23.2 Å². The van der Waals surface area contributed by atoms with Gasteiger partial charge in [0, 0.05) is 19.2 Å². The van der Waals surface area contributed by atoms with E-state index in [0.717, 1.165) is 24.2 Å². The number of anilines is 1. The van der Waals surface area contributed by atoms with Gasteiger partial charge in [0.1, 0.15) is 23.5 Å². The van der Waals surface area contributed by atoms with Crippen molar-refractivity contribution in [2.24, 2.45) is 17.8 Å². The van der Waals surface area contributed by atoms with E-state index in [2.05, 4.69) is 20.8 Å². The molecule has 11 nitrogen and oxygen atoms in total. The van der Waals surface area contributed by atoms with Gasteiger partial charge >= 0.3 is 12.2 Å². The number of carbonyl (C=O) groups is 3. The van der Waals surface area contributed by atoms with Crippen LogP contribution in [-0.4, -0.2) is 71.4 Å². The number of fused-ring (bicyclic) bond motifs is 1. The fourth-order valence-corrected chi connectivity index (χ4v) is 5.95. The van der Waals surface area contributed by atoms with Gasteiger partial charge in [-0.3, -0.25) is 9.59 Å². The summed E-state index contributed by atoms with van der Waals surface area (Å²) in [6.07, 6.45) is 0.903. The molecular weight excluding hydrogens is 545 g/mol. The monoisotopic (exact) mass is 578 g/mol. The molecule has 3 N–H and O–H groups in total. The summed E-state index contributed by atoms with van der Waals surface area (Å²) in [5.74, 6) is 0.592. The third-order valence-electron chi connectivity index (χ3n) is 8.14. The number of rotatable bonds is 10. The van der Waals surface area contributed by atoms with E-state index in [1.807, 2.05) is 19.2 Å². The first-order chi connectivity index (χ1) is 19.5. The summed E-state index contributed by atoms with van der Waals surface area (Å²) in [6.45, 7) is 3.09. The Morgan fingerprint density at radius 1 is 1.24 bits per heavy atom. The number of ether oxygens (including phenoxy) is 1. The summed E-state index contributed by atoms with van der Waals surface area (Å²) in [6, 6.07) is -1.52. The normalized spacial score (nSPS) is 23.7. The lowest BCUT2D eigenvalue weighted by Gasteiger charge is -2.27. The standard InChI is InChI=1S/C27H33F3N6O5/c1-13(2)23-18(10-32-41-23)24(37)35-22(17-7-15-6-16(15)8-17)25(38)34-21-9-14(4-5-31-21)19(12-40-3)36-11-20(27(28,29)30)33-26(36)39/h4-5,9-10,13,15-17,19-20,22H,6-8,11-12H2,1-3H3,(H,33,39)(H,35,37)(H,31,34,38)/t15-,16-,19+,20-,22-/m0/s1. The average Bonchev–Trinajstić information content (AvgIpc) is 3.29. The van der Waals surface area contributed by atoms with Gasteiger partial charge in [-0.25, -0.2) is 9.78 Å². The van der Waals surface area contributed by atoms with Crippen molar-refractivity contribution >= 4 is 23.7 Å². The van der Waals surface area contributed by atoms with Crippen molar-refractivity contribution in [3.8, 4) is 0 Å². The van der Waals surface area contributed by atoms with Crippen LogP contribution in [-0.2, 0) is 9.53 Å². The molecule has 0 spiro atoms. The zero-order chi connectivity index (χ0) is 29.5. The number of halogens is 3. The van der Waals surface area contributed by atoms with E-state index >= 15 is 0 Å². The van der Waals surface area contributed by atoms with Crippen molar-refractivity contribution in [1.29, 1.82) is 0 Å². The molecule has 0 bridgehead atoms. The van der Waals surface area contributed by atoms with Gasteiger partial charge in [-0.2, -0.15) is 13.2 Å². The Kier molecular flexibility index (Phi) is 7.95. The number of aromatic nitrogens is 2. The fourth-order valence-electron chi connectivity index (χ4n) is 5.95. The minimum atomic E-state index is -4.60. The lowest BCUT2D eigenvalue weighted by molar-refractivity contribution is -0.150. The highest BCUT2D eigenvalue weighted by Crippen LogP contribution is 2.55. The summed E-state index contributed by atoms with van der Waals surface area (Å²) in [4.78, 5) is 44.5. The zero-order valence-corrected chi connectivity index (χ0v) is 22.9. The lowest BCUT2D eigenvalue weighted by atomic mass is 9.93. The van der Waals surface area contributed by atoms with Crippen molar-refractivity contribution in [1.82, 2.24) is 25.7 Å². The van der Waals surface area contributed by atoms with Gasteiger partial charge in [-0.1, -0.05) is 19.0 Å². The molecule has 1 saturated heterocycles. The maximum atomic E-state index is 13.6. The van der Waals surface area contributed by atoms with Crippen LogP contribution in [0.15, 0.2) is 29.0 Å². The highest BCUT2D eigenvalue weighted by molar-refractivity contribution is 6.01. The van der Waals surface area contributed by atoms with Crippen LogP contribution in [0.1, 0.15) is 66.8 Å². The van der Waals surface area contributed by atoms with Crippen molar-refractivity contribution in [2.45, 2.75) is 63.3 Å². The number of methoxy groups -OCH3 is 1. The van der Waals surface area contributed by atoms with Crippen LogP contribution < -0.4 is 16.0 Å². The van der Waals surface area contributed by atoms with Crippen LogP contribution in [0.5, 0.6) is 0 Å². The molecule has 2 aliphatic carbocycles. The Hall–Kier alpha value is -3.68. The van der Waals surface area contributed by atoms with Gasteiger partial charge in [-0.05, 0) is 54.7 Å². The second kappa shape index (κ2) is 11.3. The molecule has 3 fully saturated rings. The number of hydrogen-bond acceptors (Lipinski definition) is 7. The maximum absolute atomic E-state index is 13.6. The number of hydrogen-bond donors (Lipinski definition) is 3. The second-order valence-electron chi connectivity index (χ2n) is 11.3. The highest BCUT2D eigenvalue weighted by atomic mass is 19.4. The number of nitrogens with one attached hydrogen (secondary N) is 3. The molecule has 2 saturated carbocycles. The van der Waals surface area contributed by atoms with Crippen molar-refractivity contribution < 1.29 is 36.8 Å². The molecule has 41 heavy (non-hydrogen) atoms. The van der Waals surface area contributed by atoms with E-state index in [-0.39, 0.29) is 29.8 Å². The summed E-state index contributed by atoms with van der Waals surface area (Å²) in [5.41, 5.74) is 0.702. The van der Waals surface area contributed by atoms with Gasteiger partial charge < -0.3 is 30.1 Å². The van der Waals surface area contributed by atoms with E-state index < -0.39 is 48.7 Å². The van der Waals surface area contributed by atoms with Crippen molar-refractivity contribution in [2.75, 3.05) is 25.6 Å². The van der Waals surface area contributed by atoms with E-state index in [9.17, 15) is 27.6 Å². The van der Waals surface area contributed by atoms with Gasteiger partial charge in [-0.15, -0.1) is 0 Å². The number of carbonyl (C=O) groups excluding carboxylic acids is 3. The molecule has 5 atom stereocenters. The van der Waals surface area contributed by atoms with Crippen LogP contribution in [0, 0.1) is 17.8 Å². The summed E-state index contributed by atoms with van der Waals surface area (Å²) >= 11 is 0. The molecular formula is C27H33F3N6O5. The number of pyridine rings is 1. The Labute approximate surface area is 234 Å². The van der Waals surface area contributed by atoms with Gasteiger partial charge in [0.05, 0.1) is 25.4 Å². The number of urea groups is 1. The molecule has 0 aromatic carbocycles. The Balaban J connectivity index is 1.34. The summed E-state index contributed by atoms with van der Waals surface area (Å²) in [7, 11) is 1.38. The number of nitrogens with zero attached hydrogens (tertiary/aromatic N) is 3. The molecule has 222 valence electrons. The number of amides is 4. The van der Waals surface area contributed by atoms with Crippen molar-refractivity contribution in [3.05, 3.63) is 41.4 Å². The molecule has 2 aromatic rings. The molecule has 3 heterocycles. The van der Waals surface area contributed by atoms with E-state index in [1.165, 1.54) is 25.6 Å². The topological polar surface area (TPSA) is 139 Å². The quantitative estimate of drug-likeness (QED) is 0.392. The SMILES string of the molecule is COC[C@H](c1ccnc(NC(=O)[C@@H](NC(=O)c2cnoc2C(C)C)C2C[C@@H]3C[C@H]3C2)c1)N1C[C@@H](C(F)(F)F)NC1=O. The molecule has 3 aliphatic rings. The van der Waals surface area contributed by atoms with Gasteiger partial charge in [0.25, 0.3) is 5.91 Å². The molecule has 1 aliphatic heterocycles. The second-order valence-corrected chi connectivity index (χ2v) is 11.3. The van der Waals surface area contributed by atoms with Crippen LogP contribution >= 0.6 is 0 Å². The van der Waals surface area contributed by atoms with Gasteiger partial charge in [0.15, 0.2) is 5.76 Å². The molecule has 5 rings (SSSR count). The molecule has 0 radical (unpaired) electrons. The van der Waals surface area contributed by atoms with Gasteiger partial charge in [0.2, 0.25) is 5.91 Å². The minimum absolute atomic E-state index is 0.0675.